The molecule has 0 unspecified atom stereocenters. The Kier molecular flexibility index (Phi) is 4.01. The summed E-state index contributed by atoms with van der Waals surface area (Å²) in [6.45, 7) is 8.10. The average Bonchev–Trinajstić information content (AvgIpc) is 3.00. The first-order valence-corrected chi connectivity index (χ1v) is 9.31. The van der Waals surface area contributed by atoms with Crippen molar-refractivity contribution >= 4 is 11.0 Å². The molecule has 0 saturated heterocycles. The zero-order valence-corrected chi connectivity index (χ0v) is 16.6. The predicted molar refractivity (Wildman–Crippen MR) is 111 cm³/mol. The van der Waals surface area contributed by atoms with Crippen LogP contribution in [0, 0.1) is 13.8 Å². The van der Waals surface area contributed by atoms with E-state index in [4.69, 9.17) is 6.35 Å². The molecule has 2 aromatic carbocycles. The molecule has 0 bridgehead atoms. The molecule has 0 atom stereocenters. The number of benzene rings is 2. The van der Waals surface area contributed by atoms with Gasteiger partial charge in [0.25, 0.3) is 0 Å². The number of nitrogens with zero attached hydrogens (tertiary/aromatic N) is 3. The first-order chi connectivity index (χ1) is 13.3. The summed E-state index contributed by atoms with van der Waals surface area (Å²) in [7, 11) is 2.06. The Labute approximate surface area is 162 Å². The van der Waals surface area contributed by atoms with Gasteiger partial charge in [0.1, 0.15) is 5.69 Å². The van der Waals surface area contributed by atoms with Gasteiger partial charge in [0.05, 0.1) is 18.3 Å². The van der Waals surface area contributed by atoms with Crippen molar-refractivity contribution in [2.45, 2.75) is 33.6 Å². The average molecular weight is 357 g/mol. The highest BCUT2D eigenvalue weighted by molar-refractivity contribution is 5.81. The second-order valence-corrected chi connectivity index (χ2v) is 7.39. The van der Waals surface area contributed by atoms with Crippen LogP contribution in [-0.2, 0) is 7.05 Å². The van der Waals surface area contributed by atoms with Gasteiger partial charge in [0.2, 0.25) is 6.33 Å². The lowest BCUT2D eigenvalue weighted by atomic mass is 9.91. The van der Waals surface area contributed by atoms with Gasteiger partial charge in [-0.15, -0.1) is 0 Å². The lowest BCUT2D eigenvalue weighted by molar-refractivity contribution is -0.645. The number of aryl methyl sites for hydroxylation is 2. The number of hydrogen-bond acceptors (Lipinski definition) is 1. The first-order valence-electron chi connectivity index (χ1n) is 9.81. The second-order valence-electron chi connectivity index (χ2n) is 7.39. The molecule has 0 amide bonds. The highest BCUT2D eigenvalue weighted by Crippen LogP contribution is 2.36. The first kappa shape index (κ1) is 16.2. The number of rotatable bonds is 3. The molecule has 0 aliphatic heterocycles. The predicted octanol–water partition coefficient (Wildman–Crippen LogP) is 5.26. The molecular formula is C24H26N3+. The fourth-order valence-corrected chi connectivity index (χ4v) is 3.75. The second kappa shape index (κ2) is 6.66. The van der Waals surface area contributed by atoms with Crippen molar-refractivity contribution in [3.8, 4) is 16.9 Å². The van der Waals surface area contributed by atoms with Gasteiger partial charge in [0, 0.05) is 7.57 Å². The quantitative estimate of drug-likeness (QED) is 0.459. The zero-order chi connectivity index (χ0) is 20.1. The summed E-state index contributed by atoms with van der Waals surface area (Å²) < 4.78 is 13.1. The Morgan fingerprint density at radius 2 is 1.81 bits per heavy atom. The number of hydrogen-bond donors (Lipinski definition) is 0. The summed E-state index contributed by atoms with van der Waals surface area (Å²) in [5.41, 5.74) is 8.67. The molecule has 4 aromatic rings. The Balaban J connectivity index is 2.13. The van der Waals surface area contributed by atoms with Crippen LogP contribution in [0.5, 0.6) is 0 Å². The molecule has 0 N–H and O–H groups in total. The summed E-state index contributed by atoms with van der Waals surface area (Å²) in [4.78, 5) is 4.75. The number of imidazole rings is 1. The molecule has 0 aliphatic rings. The minimum Gasteiger partial charge on any atom is -0.256 e. The smallest absolute Gasteiger partial charge is 0.249 e. The van der Waals surface area contributed by atoms with Gasteiger partial charge < -0.3 is 0 Å². The van der Waals surface area contributed by atoms with Crippen LogP contribution in [-0.4, -0.2) is 9.55 Å². The van der Waals surface area contributed by atoms with Gasteiger partial charge in [-0.05, 0) is 60.7 Å². The van der Waals surface area contributed by atoms with E-state index >= 15 is 0 Å². The topological polar surface area (TPSA) is 21.7 Å². The highest BCUT2D eigenvalue weighted by Gasteiger charge is 2.23. The Bertz CT molecular complexity index is 1180. The summed E-state index contributed by atoms with van der Waals surface area (Å²) in [5.74, 6) is -0.742. The van der Waals surface area contributed by atoms with Crippen LogP contribution >= 0.6 is 0 Å². The van der Waals surface area contributed by atoms with Crippen molar-refractivity contribution < 1.29 is 5.94 Å². The molecule has 0 saturated carbocycles. The third kappa shape index (κ3) is 2.84. The lowest BCUT2D eigenvalue weighted by Crippen LogP contribution is -2.25. The van der Waals surface area contributed by atoms with Crippen molar-refractivity contribution in [3.63, 3.8) is 0 Å². The SMILES string of the molecule is [2H]C(C)(C)c1cccc(-n2c[n+](C)c3ccccc32)c1-c1nccc(C)c1C. The number of pyridine rings is 1. The van der Waals surface area contributed by atoms with Crippen LogP contribution in [0.15, 0.2) is 61.1 Å². The summed E-state index contributed by atoms with van der Waals surface area (Å²) in [6.07, 6.45) is 3.97. The maximum absolute atomic E-state index is 8.77. The van der Waals surface area contributed by atoms with Crippen LogP contribution in [0.2, 0.25) is 0 Å². The van der Waals surface area contributed by atoms with Crippen molar-refractivity contribution in [2.75, 3.05) is 0 Å². The van der Waals surface area contributed by atoms with E-state index in [1.807, 2.05) is 32.2 Å². The summed E-state index contributed by atoms with van der Waals surface area (Å²) in [6, 6.07) is 16.6. The summed E-state index contributed by atoms with van der Waals surface area (Å²) >= 11 is 0. The van der Waals surface area contributed by atoms with Crippen molar-refractivity contribution in [1.29, 1.82) is 0 Å². The van der Waals surface area contributed by atoms with E-state index in [1.54, 1.807) is 0 Å². The molecule has 0 radical (unpaired) electrons. The Morgan fingerprint density at radius 1 is 1.04 bits per heavy atom. The highest BCUT2D eigenvalue weighted by atomic mass is 15.1. The fourth-order valence-electron chi connectivity index (χ4n) is 3.75. The van der Waals surface area contributed by atoms with E-state index in [0.29, 0.717) is 0 Å². The fraction of sp³-hybridized carbons (Fsp3) is 0.250. The molecule has 0 fully saturated rings. The van der Waals surface area contributed by atoms with E-state index < -0.39 is 5.89 Å². The molecule has 0 spiro atoms. The van der Waals surface area contributed by atoms with E-state index in [1.165, 1.54) is 5.56 Å². The van der Waals surface area contributed by atoms with Crippen LogP contribution < -0.4 is 4.57 Å². The molecule has 3 nitrogen and oxygen atoms in total. The molecule has 0 aliphatic carbocycles. The Morgan fingerprint density at radius 3 is 2.59 bits per heavy atom. The van der Waals surface area contributed by atoms with Gasteiger partial charge in [-0.25, -0.2) is 4.57 Å². The molecular weight excluding hydrogens is 330 g/mol. The van der Waals surface area contributed by atoms with E-state index in [9.17, 15) is 0 Å². The van der Waals surface area contributed by atoms with Crippen LogP contribution in [0.1, 0.15) is 37.8 Å². The van der Waals surface area contributed by atoms with E-state index in [-0.39, 0.29) is 0 Å². The minimum atomic E-state index is -0.742. The van der Waals surface area contributed by atoms with Gasteiger partial charge in [0.15, 0.2) is 11.0 Å². The number of aromatic nitrogens is 3. The maximum atomic E-state index is 8.77. The van der Waals surface area contributed by atoms with Crippen LogP contribution in [0.25, 0.3) is 28.0 Å². The van der Waals surface area contributed by atoms with Crippen molar-refractivity contribution in [1.82, 2.24) is 9.55 Å². The van der Waals surface area contributed by atoms with Crippen LogP contribution in [0.4, 0.5) is 0 Å². The van der Waals surface area contributed by atoms with Gasteiger partial charge >= 0.3 is 0 Å². The largest absolute Gasteiger partial charge is 0.256 e. The third-order valence-electron chi connectivity index (χ3n) is 5.36. The lowest BCUT2D eigenvalue weighted by Gasteiger charge is -2.17. The molecule has 2 heterocycles. The standard InChI is InChI=1S/C24H26N3/c1-16(2)19-9-8-12-22(23(19)24-18(4)17(3)13-14-25-24)27-15-26(5)20-10-6-7-11-21(20)27/h6-16H,1-5H3/q+1/i16D. The van der Waals surface area contributed by atoms with Gasteiger partial charge in [-0.2, -0.15) is 4.57 Å². The zero-order valence-electron chi connectivity index (χ0n) is 17.6. The summed E-state index contributed by atoms with van der Waals surface area (Å²) in [5, 5.41) is 0. The normalized spacial score (nSPS) is 12.4. The number of fused-ring (bicyclic) bond motifs is 1. The Hall–Kier alpha value is -2.94. The number of para-hydroxylation sites is 2. The van der Waals surface area contributed by atoms with E-state index in [2.05, 4.69) is 72.8 Å². The van der Waals surface area contributed by atoms with Crippen molar-refractivity contribution in [2.24, 2.45) is 7.05 Å². The van der Waals surface area contributed by atoms with Crippen molar-refractivity contribution in [3.05, 3.63) is 77.7 Å². The van der Waals surface area contributed by atoms with Gasteiger partial charge in [-0.3, -0.25) is 4.98 Å². The third-order valence-corrected chi connectivity index (χ3v) is 5.36. The minimum absolute atomic E-state index is 0.742. The molecule has 3 heteroatoms. The maximum Gasteiger partial charge on any atom is 0.249 e. The molecule has 4 rings (SSSR count). The monoisotopic (exact) mass is 357 g/mol. The molecule has 27 heavy (non-hydrogen) atoms. The molecule has 136 valence electrons. The van der Waals surface area contributed by atoms with Gasteiger partial charge in [-0.1, -0.05) is 38.1 Å². The van der Waals surface area contributed by atoms with E-state index in [0.717, 1.165) is 39.1 Å². The molecule has 2 aromatic heterocycles. The van der Waals surface area contributed by atoms with Crippen LogP contribution in [0.3, 0.4) is 0 Å².